The van der Waals surface area contributed by atoms with Gasteiger partial charge in [0.2, 0.25) is 0 Å². The van der Waals surface area contributed by atoms with Gasteiger partial charge in [-0.15, -0.1) is 0 Å². The highest BCUT2D eigenvalue weighted by Crippen LogP contribution is 2.30. The molecule has 0 radical (unpaired) electrons. The average molecular weight is 591 g/mol. The van der Waals surface area contributed by atoms with Gasteiger partial charge in [-0.2, -0.15) is 0 Å². The molecule has 0 aliphatic rings. The van der Waals surface area contributed by atoms with Crippen molar-refractivity contribution in [3.63, 3.8) is 0 Å². The zero-order valence-corrected chi connectivity index (χ0v) is 22.6. The Morgan fingerprint density at radius 3 is 2.40 bits per heavy atom. The number of halogens is 1. The van der Waals surface area contributed by atoms with Gasteiger partial charge in [-0.1, -0.05) is 30.3 Å². The number of ether oxygens (including phenoxy) is 2. The SMILES string of the molecule is CCOC(=O)c1[nH]c2c(C(C)NC(=O)c3ccc(CNC(=O)OC(C)(C)C)cc3)cccc2c1I. The van der Waals surface area contributed by atoms with Gasteiger partial charge >= 0.3 is 12.1 Å². The van der Waals surface area contributed by atoms with E-state index < -0.39 is 17.7 Å². The molecule has 186 valence electrons. The first-order valence-corrected chi connectivity index (χ1v) is 12.4. The third-order valence-electron chi connectivity index (χ3n) is 5.15. The quantitative estimate of drug-likeness (QED) is 0.250. The summed E-state index contributed by atoms with van der Waals surface area (Å²) in [4.78, 5) is 40.2. The number of esters is 1. The second-order valence-electron chi connectivity index (χ2n) is 9.05. The number of para-hydroxylation sites is 1. The summed E-state index contributed by atoms with van der Waals surface area (Å²) in [6, 6.07) is 12.4. The number of carbonyl (C=O) groups excluding carboxylic acids is 3. The molecule has 0 fully saturated rings. The fraction of sp³-hybridized carbons (Fsp3) is 0.346. The van der Waals surface area contributed by atoms with E-state index in [4.69, 9.17) is 9.47 Å². The number of aromatic amines is 1. The molecule has 1 unspecified atom stereocenters. The van der Waals surface area contributed by atoms with Gasteiger partial charge in [0.1, 0.15) is 11.3 Å². The molecule has 0 aliphatic heterocycles. The van der Waals surface area contributed by atoms with Crippen LogP contribution in [0.5, 0.6) is 0 Å². The van der Waals surface area contributed by atoms with Crippen molar-refractivity contribution in [2.75, 3.05) is 6.61 Å². The Bertz CT molecular complexity index is 1230. The number of aromatic nitrogens is 1. The topological polar surface area (TPSA) is 110 Å². The van der Waals surface area contributed by atoms with Crippen LogP contribution in [0, 0.1) is 3.57 Å². The summed E-state index contributed by atoms with van der Waals surface area (Å²) in [5.41, 5.74) is 2.84. The summed E-state index contributed by atoms with van der Waals surface area (Å²) < 4.78 is 11.2. The molecule has 0 aliphatic carbocycles. The van der Waals surface area contributed by atoms with Gasteiger partial charge in [0.25, 0.3) is 5.91 Å². The Morgan fingerprint density at radius 1 is 1.09 bits per heavy atom. The van der Waals surface area contributed by atoms with Crippen molar-refractivity contribution in [3.8, 4) is 0 Å². The summed E-state index contributed by atoms with van der Waals surface area (Å²) in [6.45, 7) is 9.65. The smallest absolute Gasteiger partial charge is 0.407 e. The lowest BCUT2D eigenvalue weighted by atomic mass is 10.0. The molecule has 2 amide bonds. The van der Waals surface area contributed by atoms with Crippen molar-refractivity contribution >= 4 is 51.5 Å². The number of fused-ring (bicyclic) bond motifs is 1. The van der Waals surface area contributed by atoms with E-state index in [0.29, 0.717) is 24.4 Å². The van der Waals surface area contributed by atoms with Crippen molar-refractivity contribution in [1.29, 1.82) is 0 Å². The zero-order chi connectivity index (χ0) is 25.8. The highest BCUT2D eigenvalue weighted by molar-refractivity contribution is 14.1. The Hall–Kier alpha value is -3.08. The van der Waals surface area contributed by atoms with Crippen LogP contribution in [0.1, 0.15) is 72.6 Å². The fourth-order valence-electron chi connectivity index (χ4n) is 3.53. The van der Waals surface area contributed by atoms with Gasteiger partial charge in [-0.3, -0.25) is 4.79 Å². The van der Waals surface area contributed by atoms with Crippen LogP contribution in [0.3, 0.4) is 0 Å². The second kappa shape index (κ2) is 11.1. The summed E-state index contributed by atoms with van der Waals surface area (Å²) in [7, 11) is 0. The van der Waals surface area contributed by atoms with E-state index >= 15 is 0 Å². The summed E-state index contributed by atoms with van der Waals surface area (Å²) in [5, 5.41) is 6.61. The molecule has 0 spiro atoms. The van der Waals surface area contributed by atoms with Gasteiger partial charge in [0.05, 0.1) is 21.7 Å². The third-order valence-corrected chi connectivity index (χ3v) is 6.27. The minimum Gasteiger partial charge on any atom is -0.461 e. The Kier molecular flexibility index (Phi) is 8.42. The standard InChI is InChI=1S/C26H30IN3O5/c1-6-34-24(32)22-20(27)19-9-7-8-18(21(19)30-22)15(2)29-23(31)17-12-10-16(11-13-17)14-28-25(33)35-26(3,4)5/h7-13,15,30H,6,14H2,1-5H3,(H,28,33)(H,29,31). The molecule has 1 atom stereocenters. The van der Waals surface area contributed by atoms with Crippen LogP contribution >= 0.6 is 22.6 Å². The average Bonchev–Trinajstić information content (AvgIpc) is 3.13. The predicted molar refractivity (Wildman–Crippen MR) is 142 cm³/mol. The Balaban J connectivity index is 1.69. The highest BCUT2D eigenvalue weighted by Gasteiger charge is 2.21. The molecule has 1 heterocycles. The number of amides is 2. The molecule has 3 N–H and O–H groups in total. The van der Waals surface area contributed by atoms with Crippen molar-refractivity contribution in [2.45, 2.75) is 52.8 Å². The maximum atomic E-state index is 12.9. The largest absolute Gasteiger partial charge is 0.461 e. The summed E-state index contributed by atoms with van der Waals surface area (Å²) in [6.07, 6.45) is -0.493. The summed E-state index contributed by atoms with van der Waals surface area (Å²) in [5.74, 6) is -0.634. The molecule has 3 aromatic rings. The molecule has 1 aromatic heterocycles. The monoisotopic (exact) mass is 591 g/mol. The first kappa shape index (κ1) is 26.5. The van der Waals surface area contributed by atoms with Gasteiger partial charge in [0.15, 0.2) is 0 Å². The van der Waals surface area contributed by atoms with Crippen LogP contribution in [0.15, 0.2) is 42.5 Å². The zero-order valence-electron chi connectivity index (χ0n) is 20.5. The maximum absolute atomic E-state index is 12.9. The van der Waals surface area contributed by atoms with Crippen molar-refractivity contribution < 1.29 is 23.9 Å². The molecule has 8 nitrogen and oxygen atoms in total. The number of rotatable bonds is 7. The van der Waals surface area contributed by atoms with Crippen molar-refractivity contribution in [1.82, 2.24) is 15.6 Å². The lowest BCUT2D eigenvalue weighted by Crippen LogP contribution is -2.32. The second-order valence-corrected chi connectivity index (χ2v) is 10.1. The molecular weight excluding hydrogens is 561 g/mol. The molecule has 3 rings (SSSR count). The first-order chi connectivity index (χ1) is 16.5. The van der Waals surface area contributed by atoms with Gasteiger partial charge < -0.3 is 25.1 Å². The molecule has 0 bridgehead atoms. The molecule has 0 saturated carbocycles. The number of H-pyrrole nitrogens is 1. The van der Waals surface area contributed by atoms with E-state index in [2.05, 4.69) is 38.2 Å². The summed E-state index contributed by atoms with van der Waals surface area (Å²) >= 11 is 2.13. The Labute approximate surface area is 218 Å². The van der Waals surface area contributed by atoms with Crippen LogP contribution in [-0.4, -0.2) is 35.2 Å². The number of benzene rings is 2. The number of hydrogen-bond acceptors (Lipinski definition) is 5. The van der Waals surface area contributed by atoms with Crippen LogP contribution in [0.2, 0.25) is 0 Å². The molecular formula is C26H30IN3O5. The lowest BCUT2D eigenvalue weighted by molar-refractivity contribution is 0.0511. The molecule has 0 saturated heterocycles. The van der Waals surface area contributed by atoms with E-state index in [1.54, 1.807) is 52.0 Å². The highest BCUT2D eigenvalue weighted by atomic mass is 127. The van der Waals surface area contributed by atoms with E-state index in [-0.39, 0.29) is 11.9 Å². The number of nitrogens with one attached hydrogen (secondary N) is 3. The Morgan fingerprint density at radius 2 is 1.77 bits per heavy atom. The molecule has 35 heavy (non-hydrogen) atoms. The number of carbonyl (C=O) groups is 3. The van der Waals surface area contributed by atoms with Gasteiger partial charge in [-0.05, 0) is 80.5 Å². The van der Waals surface area contributed by atoms with Crippen molar-refractivity contribution in [3.05, 3.63) is 68.4 Å². The minimum atomic E-state index is -0.564. The van der Waals surface area contributed by atoms with Gasteiger partial charge in [-0.25, -0.2) is 9.59 Å². The van der Waals surface area contributed by atoms with E-state index in [0.717, 1.165) is 25.6 Å². The van der Waals surface area contributed by atoms with E-state index in [1.807, 2.05) is 25.1 Å². The number of hydrogen-bond donors (Lipinski definition) is 3. The molecule has 2 aromatic carbocycles. The van der Waals surface area contributed by atoms with Crippen molar-refractivity contribution in [2.24, 2.45) is 0 Å². The van der Waals surface area contributed by atoms with Crippen LogP contribution in [0.4, 0.5) is 4.79 Å². The van der Waals surface area contributed by atoms with E-state index in [9.17, 15) is 14.4 Å². The maximum Gasteiger partial charge on any atom is 0.407 e. The lowest BCUT2D eigenvalue weighted by Gasteiger charge is -2.19. The van der Waals surface area contributed by atoms with Crippen LogP contribution < -0.4 is 10.6 Å². The molecule has 9 heteroatoms. The van der Waals surface area contributed by atoms with E-state index in [1.165, 1.54) is 0 Å². The van der Waals surface area contributed by atoms with Gasteiger partial charge in [0, 0.05) is 17.5 Å². The predicted octanol–water partition coefficient (Wildman–Crippen LogP) is 5.46. The first-order valence-electron chi connectivity index (χ1n) is 11.3. The minimum absolute atomic E-state index is 0.229. The third kappa shape index (κ3) is 6.74. The fourth-order valence-corrected chi connectivity index (χ4v) is 4.34. The van der Waals surface area contributed by atoms with Crippen LogP contribution in [0.25, 0.3) is 10.9 Å². The normalized spacial score (nSPS) is 12.2. The van der Waals surface area contributed by atoms with Crippen LogP contribution in [-0.2, 0) is 16.0 Å². The number of alkyl carbamates (subject to hydrolysis) is 1.